The van der Waals surface area contributed by atoms with Crippen LogP contribution in [0.3, 0.4) is 0 Å². The van der Waals surface area contributed by atoms with Crippen molar-refractivity contribution in [2.75, 3.05) is 32.7 Å². The van der Waals surface area contributed by atoms with Gasteiger partial charge in [0.15, 0.2) is 0 Å². The van der Waals surface area contributed by atoms with Crippen LogP contribution >= 0.6 is 0 Å². The fourth-order valence-corrected chi connectivity index (χ4v) is 1.58. The van der Waals surface area contributed by atoms with Crippen molar-refractivity contribution in [1.29, 1.82) is 0 Å². The third-order valence-electron chi connectivity index (χ3n) is 2.70. The molecule has 1 atom stereocenters. The predicted molar refractivity (Wildman–Crippen MR) is 73.8 cm³/mol. The topological polar surface area (TPSA) is 56.8 Å². The molecule has 1 N–H and O–H groups in total. The van der Waals surface area contributed by atoms with Crippen LogP contribution in [0.2, 0.25) is 0 Å². The van der Waals surface area contributed by atoms with Crippen molar-refractivity contribution < 1.29 is 19.0 Å². The van der Waals surface area contributed by atoms with Gasteiger partial charge in [0.1, 0.15) is 11.5 Å². The van der Waals surface area contributed by atoms with Crippen LogP contribution in [0.15, 0.2) is 18.2 Å². The molecular formula is C14H21NO4. The molecule has 0 saturated heterocycles. The molecule has 0 aromatic heterocycles. The van der Waals surface area contributed by atoms with Gasteiger partial charge in [-0.3, -0.25) is 4.79 Å². The van der Waals surface area contributed by atoms with E-state index in [9.17, 15) is 4.79 Å². The standard InChI is InChI=1S/C14H21NO4/c1-5-19-14(16)10(2)9-15-12-7-6-11(17-3)8-13(12)18-4/h6-8,10,15H,5,9H2,1-4H3. The number of ether oxygens (including phenoxy) is 3. The summed E-state index contributed by atoms with van der Waals surface area (Å²) in [6, 6.07) is 5.48. The van der Waals surface area contributed by atoms with Gasteiger partial charge in [0.2, 0.25) is 0 Å². The summed E-state index contributed by atoms with van der Waals surface area (Å²) in [5, 5.41) is 3.17. The minimum absolute atomic E-state index is 0.206. The Bertz CT molecular complexity index is 420. The molecule has 5 heteroatoms. The minimum atomic E-state index is -0.216. The van der Waals surface area contributed by atoms with Crippen molar-refractivity contribution in [3.8, 4) is 11.5 Å². The van der Waals surface area contributed by atoms with Gasteiger partial charge in [-0.1, -0.05) is 6.92 Å². The zero-order valence-corrected chi connectivity index (χ0v) is 11.9. The zero-order chi connectivity index (χ0) is 14.3. The molecule has 1 aromatic rings. The molecule has 0 bridgehead atoms. The summed E-state index contributed by atoms with van der Waals surface area (Å²) < 4.78 is 15.3. The van der Waals surface area contributed by atoms with Crippen molar-refractivity contribution in [2.24, 2.45) is 5.92 Å². The normalized spacial score (nSPS) is 11.6. The lowest BCUT2D eigenvalue weighted by Crippen LogP contribution is -2.22. The number of methoxy groups -OCH3 is 2. The molecule has 5 nitrogen and oxygen atoms in total. The highest BCUT2D eigenvalue weighted by atomic mass is 16.5. The second-order valence-electron chi connectivity index (χ2n) is 4.10. The Morgan fingerprint density at radius 1 is 1.32 bits per heavy atom. The van der Waals surface area contributed by atoms with Crippen LogP contribution in [-0.4, -0.2) is 33.3 Å². The Kier molecular flexibility index (Phi) is 5.99. The molecule has 106 valence electrons. The fourth-order valence-electron chi connectivity index (χ4n) is 1.58. The lowest BCUT2D eigenvalue weighted by molar-refractivity contribution is -0.146. The van der Waals surface area contributed by atoms with Crippen LogP contribution in [0.4, 0.5) is 5.69 Å². The Morgan fingerprint density at radius 3 is 2.63 bits per heavy atom. The monoisotopic (exact) mass is 267 g/mol. The predicted octanol–water partition coefficient (Wildman–Crippen LogP) is 2.31. The number of anilines is 1. The van der Waals surface area contributed by atoms with E-state index >= 15 is 0 Å². The van der Waals surface area contributed by atoms with E-state index in [0.29, 0.717) is 18.9 Å². The second kappa shape index (κ2) is 7.51. The first-order valence-electron chi connectivity index (χ1n) is 6.24. The zero-order valence-electron chi connectivity index (χ0n) is 11.9. The third kappa shape index (κ3) is 4.35. The smallest absolute Gasteiger partial charge is 0.310 e. The minimum Gasteiger partial charge on any atom is -0.497 e. The van der Waals surface area contributed by atoms with Gasteiger partial charge in [0.05, 0.1) is 32.4 Å². The summed E-state index contributed by atoms with van der Waals surface area (Å²) in [7, 11) is 3.19. The first-order valence-corrected chi connectivity index (χ1v) is 6.24. The molecule has 0 spiro atoms. The van der Waals surface area contributed by atoms with E-state index in [4.69, 9.17) is 14.2 Å². The molecular weight excluding hydrogens is 246 g/mol. The number of hydrogen-bond donors (Lipinski definition) is 1. The number of nitrogens with one attached hydrogen (secondary N) is 1. The fraction of sp³-hybridized carbons (Fsp3) is 0.500. The summed E-state index contributed by atoms with van der Waals surface area (Å²) in [5.74, 6) is 0.977. The molecule has 0 aliphatic heterocycles. The Balaban J connectivity index is 2.64. The second-order valence-corrected chi connectivity index (χ2v) is 4.10. The number of carbonyl (C=O) groups is 1. The van der Waals surface area contributed by atoms with Crippen LogP contribution < -0.4 is 14.8 Å². The molecule has 0 fully saturated rings. The first-order chi connectivity index (χ1) is 9.12. The number of benzene rings is 1. The van der Waals surface area contributed by atoms with Crippen LogP contribution in [0, 0.1) is 5.92 Å². The van der Waals surface area contributed by atoms with Crippen LogP contribution in [0.25, 0.3) is 0 Å². The molecule has 1 aromatic carbocycles. The molecule has 0 aliphatic carbocycles. The largest absolute Gasteiger partial charge is 0.497 e. The molecule has 0 amide bonds. The molecule has 0 heterocycles. The van der Waals surface area contributed by atoms with Gasteiger partial charge in [-0.25, -0.2) is 0 Å². The van der Waals surface area contributed by atoms with Crippen LogP contribution in [-0.2, 0) is 9.53 Å². The van der Waals surface area contributed by atoms with E-state index in [1.165, 1.54) is 0 Å². The molecule has 1 unspecified atom stereocenters. The Labute approximate surface area is 113 Å². The van der Waals surface area contributed by atoms with E-state index in [0.717, 1.165) is 11.4 Å². The number of hydrogen-bond acceptors (Lipinski definition) is 5. The third-order valence-corrected chi connectivity index (χ3v) is 2.70. The summed E-state index contributed by atoms with van der Waals surface area (Å²) in [5.41, 5.74) is 0.819. The molecule has 19 heavy (non-hydrogen) atoms. The van der Waals surface area contributed by atoms with Crippen molar-refractivity contribution in [3.05, 3.63) is 18.2 Å². The van der Waals surface area contributed by atoms with E-state index in [2.05, 4.69) is 5.32 Å². The van der Waals surface area contributed by atoms with Crippen LogP contribution in [0.1, 0.15) is 13.8 Å². The van der Waals surface area contributed by atoms with Gasteiger partial charge in [0.25, 0.3) is 0 Å². The maximum Gasteiger partial charge on any atom is 0.310 e. The number of carbonyl (C=O) groups excluding carboxylic acids is 1. The summed E-state index contributed by atoms with van der Waals surface area (Å²) in [6.07, 6.45) is 0. The average Bonchev–Trinajstić information content (AvgIpc) is 2.44. The Hall–Kier alpha value is -1.91. The van der Waals surface area contributed by atoms with E-state index in [1.54, 1.807) is 27.2 Å². The molecule has 0 saturated carbocycles. The Morgan fingerprint density at radius 2 is 2.05 bits per heavy atom. The lowest BCUT2D eigenvalue weighted by atomic mass is 10.2. The summed E-state index contributed by atoms with van der Waals surface area (Å²) >= 11 is 0. The highest BCUT2D eigenvalue weighted by molar-refractivity contribution is 5.73. The molecule has 0 aliphatic rings. The van der Waals surface area contributed by atoms with Gasteiger partial charge >= 0.3 is 5.97 Å². The number of esters is 1. The maximum atomic E-state index is 11.5. The van der Waals surface area contributed by atoms with Crippen molar-refractivity contribution in [2.45, 2.75) is 13.8 Å². The average molecular weight is 267 g/mol. The van der Waals surface area contributed by atoms with Crippen molar-refractivity contribution >= 4 is 11.7 Å². The first kappa shape index (κ1) is 15.1. The number of rotatable bonds is 7. The lowest BCUT2D eigenvalue weighted by Gasteiger charge is -2.15. The van der Waals surface area contributed by atoms with E-state index < -0.39 is 0 Å². The SMILES string of the molecule is CCOC(=O)C(C)CNc1ccc(OC)cc1OC. The van der Waals surface area contributed by atoms with Gasteiger partial charge in [-0.2, -0.15) is 0 Å². The summed E-state index contributed by atoms with van der Waals surface area (Å²) in [4.78, 5) is 11.5. The highest BCUT2D eigenvalue weighted by Crippen LogP contribution is 2.29. The van der Waals surface area contributed by atoms with Gasteiger partial charge < -0.3 is 19.5 Å². The van der Waals surface area contributed by atoms with E-state index in [1.807, 2.05) is 19.1 Å². The quantitative estimate of drug-likeness (QED) is 0.768. The van der Waals surface area contributed by atoms with Gasteiger partial charge in [0, 0.05) is 12.6 Å². The summed E-state index contributed by atoms with van der Waals surface area (Å²) in [6.45, 7) is 4.50. The molecule has 1 rings (SSSR count). The van der Waals surface area contributed by atoms with Crippen LogP contribution in [0.5, 0.6) is 11.5 Å². The highest BCUT2D eigenvalue weighted by Gasteiger charge is 2.14. The maximum absolute atomic E-state index is 11.5. The van der Waals surface area contributed by atoms with Gasteiger partial charge in [-0.05, 0) is 19.1 Å². The van der Waals surface area contributed by atoms with Crippen molar-refractivity contribution in [1.82, 2.24) is 0 Å². The van der Waals surface area contributed by atoms with Gasteiger partial charge in [-0.15, -0.1) is 0 Å². The molecule has 0 radical (unpaired) electrons. The van der Waals surface area contributed by atoms with E-state index in [-0.39, 0.29) is 11.9 Å². The van der Waals surface area contributed by atoms with Crippen molar-refractivity contribution in [3.63, 3.8) is 0 Å².